The van der Waals surface area contributed by atoms with Crippen LogP contribution in [0.25, 0.3) is 0 Å². The van der Waals surface area contributed by atoms with Crippen molar-refractivity contribution < 1.29 is 5.11 Å². The summed E-state index contributed by atoms with van der Waals surface area (Å²) >= 11 is 0. The van der Waals surface area contributed by atoms with Crippen molar-refractivity contribution in [2.75, 3.05) is 13.2 Å². The van der Waals surface area contributed by atoms with E-state index in [2.05, 4.69) is 44.3 Å². The zero-order chi connectivity index (χ0) is 13.8. The van der Waals surface area contributed by atoms with Gasteiger partial charge in [-0.2, -0.15) is 5.10 Å². The number of aryl methyl sites for hydroxylation is 1. The highest BCUT2D eigenvalue weighted by Gasteiger charge is 2.26. The Morgan fingerprint density at radius 1 is 1.44 bits per heavy atom. The lowest BCUT2D eigenvalue weighted by Crippen LogP contribution is -2.26. The topological polar surface area (TPSA) is 50.1 Å². The van der Waals surface area contributed by atoms with E-state index in [4.69, 9.17) is 0 Å². The molecule has 4 nitrogen and oxygen atoms in total. The SMILES string of the molecule is CCCNC(CCO)c1cn(C)nc1C(C)(C)C. The molecule has 1 heterocycles. The molecule has 1 atom stereocenters. The Morgan fingerprint density at radius 3 is 2.61 bits per heavy atom. The summed E-state index contributed by atoms with van der Waals surface area (Å²) in [4.78, 5) is 0. The zero-order valence-electron chi connectivity index (χ0n) is 12.3. The number of hydrogen-bond acceptors (Lipinski definition) is 3. The Balaban J connectivity index is 3.02. The third kappa shape index (κ3) is 3.82. The second-order valence-electron chi connectivity index (χ2n) is 5.88. The van der Waals surface area contributed by atoms with E-state index in [0.717, 1.165) is 25.1 Å². The van der Waals surface area contributed by atoms with Crippen molar-refractivity contribution in [3.63, 3.8) is 0 Å². The summed E-state index contributed by atoms with van der Waals surface area (Å²) in [5.41, 5.74) is 2.36. The predicted octanol–water partition coefficient (Wildman–Crippen LogP) is 2.14. The maximum Gasteiger partial charge on any atom is 0.0725 e. The van der Waals surface area contributed by atoms with Gasteiger partial charge in [0.05, 0.1) is 5.69 Å². The number of aliphatic hydroxyl groups excluding tert-OH is 1. The minimum absolute atomic E-state index is 0.0260. The van der Waals surface area contributed by atoms with Crippen LogP contribution in [-0.2, 0) is 12.5 Å². The van der Waals surface area contributed by atoms with Crippen LogP contribution in [0.1, 0.15) is 57.8 Å². The Bertz CT molecular complexity index is 366. The summed E-state index contributed by atoms with van der Waals surface area (Å²) < 4.78 is 1.87. The molecule has 0 aliphatic carbocycles. The molecule has 18 heavy (non-hydrogen) atoms. The molecule has 1 aromatic heterocycles. The smallest absolute Gasteiger partial charge is 0.0725 e. The van der Waals surface area contributed by atoms with Crippen molar-refractivity contribution in [2.24, 2.45) is 7.05 Å². The molecule has 0 aliphatic heterocycles. The van der Waals surface area contributed by atoms with Crippen molar-refractivity contribution in [1.82, 2.24) is 15.1 Å². The molecular weight excluding hydrogens is 226 g/mol. The molecular formula is C14H27N3O. The lowest BCUT2D eigenvalue weighted by atomic mass is 9.87. The lowest BCUT2D eigenvalue weighted by molar-refractivity contribution is 0.264. The summed E-state index contributed by atoms with van der Waals surface area (Å²) in [5, 5.41) is 17.3. The maximum atomic E-state index is 9.23. The molecule has 2 N–H and O–H groups in total. The molecule has 4 heteroatoms. The monoisotopic (exact) mass is 253 g/mol. The summed E-state index contributed by atoms with van der Waals surface area (Å²) in [6.07, 6.45) is 3.89. The van der Waals surface area contributed by atoms with Gasteiger partial charge in [-0.05, 0) is 19.4 Å². The first-order valence-electron chi connectivity index (χ1n) is 6.78. The molecule has 0 spiro atoms. The third-order valence-corrected chi connectivity index (χ3v) is 3.00. The lowest BCUT2D eigenvalue weighted by Gasteiger charge is -2.23. The molecule has 0 radical (unpaired) electrons. The fourth-order valence-electron chi connectivity index (χ4n) is 2.16. The number of aliphatic hydroxyl groups is 1. The maximum absolute atomic E-state index is 9.23. The fourth-order valence-corrected chi connectivity index (χ4v) is 2.16. The quantitative estimate of drug-likeness (QED) is 0.816. The van der Waals surface area contributed by atoms with Crippen LogP contribution in [0.15, 0.2) is 6.20 Å². The largest absolute Gasteiger partial charge is 0.396 e. The van der Waals surface area contributed by atoms with Crippen LogP contribution in [0.3, 0.4) is 0 Å². The molecule has 1 rings (SSSR count). The van der Waals surface area contributed by atoms with Crippen LogP contribution < -0.4 is 5.32 Å². The van der Waals surface area contributed by atoms with Gasteiger partial charge in [-0.3, -0.25) is 4.68 Å². The molecule has 1 aromatic rings. The van der Waals surface area contributed by atoms with E-state index in [0.29, 0.717) is 0 Å². The molecule has 0 aliphatic rings. The number of hydrogen-bond donors (Lipinski definition) is 2. The normalized spacial score (nSPS) is 13.9. The van der Waals surface area contributed by atoms with E-state index in [1.807, 2.05) is 11.7 Å². The van der Waals surface area contributed by atoms with E-state index < -0.39 is 0 Å². The van der Waals surface area contributed by atoms with Gasteiger partial charge in [-0.1, -0.05) is 27.7 Å². The predicted molar refractivity (Wildman–Crippen MR) is 74.6 cm³/mol. The van der Waals surface area contributed by atoms with Gasteiger partial charge in [-0.15, -0.1) is 0 Å². The van der Waals surface area contributed by atoms with Crippen molar-refractivity contribution in [2.45, 2.75) is 52.0 Å². The molecule has 0 fully saturated rings. The van der Waals surface area contributed by atoms with E-state index in [-0.39, 0.29) is 18.1 Å². The van der Waals surface area contributed by atoms with Gasteiger partial charge in [-0.25, -0.2) is 0 Å². The number of nitrogens with one attached hydrogen (secondary N) is 1. The van der Waals surface area contributed by atoms with Crippen LogP contribution >= 0.6 is 0 Å². The molecule has 1 unspecified atom stereocenters. The van der Waals surface area contributed by atoms with Crippen molar-refractivity contribution in [3.05, 3.63) is 17.5 Å². The van der Waals surface area contributed by atoms with Crippen LogP contribution in [0.5, 0.6) is 0 Å². The second kappa shape index (κ2) is 6.34. The van der Waals surface area contributed by atoms with Gasteiger partial charge >= 0.3 is 0 Å². The third-order valence-electron chi connectivity index (χ3n) is 3.00. The minimum atomic E-state index is 0.0260. The number of nitrogens with zero attached hydrogens (tertiary/aromatic N) is 2. The van der Waals surface area contributed by atoms with Gasteiger partial charge < -0.3 is 10.4 Å². The van der Waals surface area contributed by atoms with Crippen LogP contribution in [0, 0.1) is 0 Å². The fraction of sp³-hybridized carbons (Fsp3) is 0.786. The first-order valence-corrected chi connectivity index (χ1v) is 6.78. The van der Waals surface area contributed by atoms with Gasteiger partial charge in [0.1, 0.15) is 0 Å². The molecule has 0 saturated carbocycles. The molecule has 0 bridgehead atoms. The summed E-state index contributed by atoms with van der Waals surface area (Å²) in [6, 6.07) is 0.192. The van der Waals surface area contributed by atoms with Crippen molar-refractivity contribution >= 4 is 0 Å². The molecule has 0 aromatic carbocycles. The van der Waals surface area contributed by atoms with Gasteiger partial charge in [0.15, 0.2) is 0 Å². The molecule has 0 saturated heterocycles. The number of rotatable bonds is 6. The Labute approximate surface area is 110 Å². The average molecular weight is 253 g/mol. The highest BCUT2D eigenvalue weighted by molar-refractivity contribution is 5.27. The van der Waals surface area contributed by atoms with E-state index in [1.165, 1.54) is 5.56 Å². The highest BCUT2D eigenvalue weighted by atomic mass is 16.3. The minimum Gasteiger partial charge on any atom is -0.396 e. The summed E-state index contributed by atoms with van der Waals surface area (Å²) in [6.45, 7) is 9.83. The highest BCUT2D eigenvalue weighted by Crippen LogP contribution is 2.29. The Morgan fingerprint density at radius 2 is 2.11 bits per heavy atom. The average Bonchev–Trinajstić information content (AvgIpc) is 2.66. The van der Waals surface area contributed by atoms with E-state index in [9.17, 15) is 5.11 Å². The summed E-state index contributed by atoms with van der Waals surface area (Å²) in [7, 11) is 1.95. The van der Waals surface area contributed by atoms with Crippen LogP contribution in [-0.4, -0.2) is 28.0 Å². The molecule has 104 valence electrons. The van der Waals surface area contributed by atoms with Gasteiger partial charge in [0, 0.05) is 36.9 Å². The molecule has 0 amide bonds. The number of aromatic nitrogens is 2. The Kier molecular flexibility index (Phi) is 5.35. The zero-order valence-corrected chi connectivity index (χ0v) is 12.3. The first kappa shape index (κ1) is 15.2. The first-order chi connectivity index (χ1) is 8.40. The van der Waals surface area contributed by atoms with E-state index in [1.54, 1.807) is 0 Å². The second-order valence-corrected chi connectivity index (χ2v) is 5.88. The summed E-state index contributed by atoms with van der Waals surface area (Å²) in [5.74, 6) is 0. The van der Waals surface area contributed by atoms with Crippen molar-refractivity contribution in [3.8, 4) is 0 Å². The van der Waals surface area contributed by atoms with Crippen molar-refractivity contribution in [1.29, 1.82) is 0 Å². The van der Waals surface area contributed by atoms with Gasteiger partial charge in [0.2, 0.25) is 0 Å². The van der Waals surface area contributed by atoms with Crippen LogP contribution in [0.4, 0.5) is 0 Å². The standard InChI is InChI=1S/C14H27N3O/c1-6-8-15-12(7-9-18)11-10-17(5)16-13(11)14(2,3)4/h10,12,15,18H,6-9H2,1-5H3. The Hall–Kier alpha value is -0.870. The van der Waals surface area contributed by atoms with Crippen LogP contribution in [0.2, 0.25) is 0 Å². The van der Waals surface area contributed by atoms with E-state index >= 15 is 0 Å². The van der Waals surface area contributed by atoms with Gasteiger partial charge in [0.25, 0.3) is 0 Å².